The van der Waals surface area contributed by atoms with Crippen LogP contribution in [0, 0.1) is 5.92 Å². The number of urea groups is 1. The van der Waals surface area contributed by atoms with Gasteiger partial charge in [0.05, 0.1) is 6.54 Å². The molecule has 3 aliphatic rings. The number of piperidine rings is 1. The number of phenols is 1. The van der Waals surface area contributed by atoms with Gasteiger partial charge in [-0.25, -0.2) is 4.79 Å². The Hall–Kier alpha value is -3.26. The van der Waals surface area contributed by atoms with Crippen molar-refractivity contribution in [3.63, 3.8) is 0 Å². The maximum atomic E-state index is 13.6. The van der Waals surface area contributed by atoms with E-state index >= 15 is 0 Å². The number of imide groups is 1. The van der Waals surface area contributed by atoms with Crippen molar-refractivity contribution in [2.75, 3.05) is 26.2 Å². The maximum Gasteiger partial charge on any atom is 0.325 e. The van der Waals surface area contributed by atoms with Crippen molar-refractivity contribution in [2.24, 2.45) is 5.92 Å². The van der Waals surface area contributed by atoms with Gasteiger partial charge in [0.15, 0.2) is 17.6 Å². The average Bonchev–Trinajstić information content (AvgIpc) is 3.11. The molecule has 0 bridgehead atoms. The van der Waals surface area contributed by atoms with Crippen LogP contribution < -0.4 is 14.8 Å². The fourth-order valence-corrected chi connectivity index (χ4v) is 5.44. The Morgan fingerprint density at radius 3 is 2.50 bits per heavy atom. The number of ether oxygens (including phenoxy) is 2. The lowest BCUT2D eigenvalue weighted by Gasteiger charge is -2.40. The number of carbonyl (C=O) groups excluding carboxylic acids is 2. The Morgan fingerprint density at radius 1 is 1.06 bits per heavy atom. The van der Waals surface area contributed by atoms with Crippen LogP contribution in [0.5, 0.6) is 17.2 Å². The molecule has 0 aromatic heterocycles. The molecule has 8 nitrogen and oxygen atoms in total. The summed E-state index contributed by atoms with van der Waals surface area (Å²) in [5.41, 5.74) is 0.0183. The Balaban J connectivity index is 1.23. The van der Waals surface area contributed by atoms with E-state index in [0.717, 1.165) is 31.5 Å². The second-order valence-electron chi connectivity index (χ2n) is 9.35. The smallest absolute Gasteiger partial charge is 0.325 e. The number of fused-ring (bicyclic) bond motifs is 1. The minimum atomic E-state index is -0.883. The third-order valence-electron chi connectivity index (χ3n) is 7.38. The van der Waals surface area contributed by atoms with Gasteiger partial charge >= 0.3 is 6.03 Å². The van der Waals surface area contributed by atoms with E-state index in [1.807, 2.05) is 49.4 Å². The van der Waals surface area contributed by atoms with Crippen LogP contribution in [0.2, 0.25) is 0 Å². The normalized spacial score (nSPS) is 25.4. The van der Waals surface area contributed by atoms with Crippen molar-refractivity contribution in [1.82, 2.24) is 15.1 Å². The molecule has 2 aromatic carbocycles. The molecule has 2 N–H and O–H groups in total. The number of rotatable bonds is 6. The molecule has 2 saturated heterocycles. The summed E-state index contributed by atoms with van der Waals surface area (Å²) in [4.78, 5) is 30.1. The highest BCUT2D eigenvalue weighted by Gasteiger charge is 2.55. The average molecular weight is 466 g/mol. The molecule has 5 rings (SSSR count). The predicted octanol–water partition coefficient (Wildman–Crippen LogP) is 3.14. The molecule has 0 radical (unpaired) electrons. The number of hydrogen-bond acceptors (Lipinski definition) is 6. The van der Waals surface area contributed by atoms with Gasteiger partial charge in [-0.1, -0.05) is 37.3 Å². The minimum Gasteiger partial charge on any atom is -0.508 e. The lowest BCUT2D eigenvalue weighted by Crippen LogP contribution is -2.56. The van der Waals surface area contributed by atoms with Gasteiger partial charge in [-0.2, -0.15) is 0 Å². The summed E-state index contributed by atoms with van der Waals surface area (Å²) in [5.74, 6) is 1.50. The van der Waals surface area contributed by atoms with Gasteiger partial charge in [-0.3, -0.25) is 14.6 Å². The number of amides is 3. The topological polar surface area (TPSA) is 91.3 Å². The molecule has 3 heterocycles. The lowest BCUT2D eigenvalue weighted by atomic mass is 9.75. The quantitative estimate of drug-likeness (QED) is 0.637. The first kappa shape index (κ1) is 22.5. The first-order valence-corrected chi connectivity index (χ1v) is 12.0. The second kappa shape index (κ2) is 9.18. The molecule has 34 heavy (non-hydrogen) atoms. The number of likely N-dealkylation sites (tertiary alicyclic amines) is 1. The number of phenolic OH excluding ortho intramolecular Hbond substituents is 1. The van der Waals surface area contributed by atoms with Gasteiger partial charge in [0, 0.05) is 12.1 Å². The van der Waals surface area contributed by atoms with Crippen molar-refractivity contribution in [3.05, 3.63) is 54.1 Å². The van der Waals surface area contributed by atoms with E-state index in [2.05, 4.69) is 10.2 Å². The standard InChI is InChI=1S/C26H31N3O5/c1-2-26(19-11-13-28(14-12-19)15-18-7-3-4-8-21(18)30)24(31)29(25(32)27-26)16-20-17-33-22-9-5-6-10-23(22)34-20/h3-10,19-20,30H,2,11-17H2,1H3,(H,27,32)/t20-,26-/m0/s1. The zero-order valence-electron chi connectivity index (χ0n) is 19.4. The summed E-state index contributed by atoms with van der Waals surface area (Å²) in [6.45, 7) is 4.70. The highest BCUT2D eigenvalue weighted by Crippen LogP contribution is 2.37. The number of aromatic hydroxyl groups is 1. The molecular weight excluding hydrogens is 434 g/mol. The number of nitrogens with zero attached hydrogens (tertiary/aromatic N) is 2. The van der Waals surface area contributed by atoms with Crippen LogP contribution in [0.3, 0.4) is 0 Å². The van der Waals surface area contributed by atoms with E-state index in [1.54, 1.807) is 6.07 Å². The van der Waals surface area contributed by atoms with Crippen molar-refractivity contribution < 1.29 is 24.2 Å². The summed E-state index contributed by atoms with van der Waals surface area (Å²) in [6, 6.07) is 14.4. The summed E-state index contributed by atoms with van der Waals surface area (Å²) in [7, 11) is 0. The molecule has 0 spiro atoms. The van der Waals surface area contributed by atoms with E-state index in [-0.39, 0.29) is 31.0 Å². The molecule has 0 unspecified atom stereocenters. The minimum absolute atomic E-state index is 0.0591. The van der Waals surface area contributed by atoms with E-state index < -0.39 is 11.6 Å². The fraction of sp³-hybridized carbons (Fsp3) is 0.462. The van der Waals surface area contributed by atoms with Crippen LogP contribution in [0.25, 0.3) is 0 Å². The van der Waals surface area contributed by atoms with E-state index in [0.29, 0.717) is 30.2 Å². The summed E-state index contributed by atoms with van der Waals surface area (Å²) in [5, 5.41) is 13.1. The largest absolute Gasteiger partial charge is 0.508 e. The first-order chi connectivity index (χ1) is 16.5. The third kappa shape index (κ3) is 4.07. The molecule has 0 aliphatic carbocycles. The second-order valence-corrected chi connectivity index (χ2v) is 9.35. The molecule has 180 valence electrons. The van der Waals surface area contributed by atoms with Crippen LogP contribution in [-0.2, 0) is 11.3 Å². The molecule has 3 amide bonds. The molecule has 0 saturated carbocycles. The van der Waals surface area contributed by atoms with Crippen molar-refractivity contribution >= 4 is 11.9 Å². The highest BCUT2D eigenvalue weighted by atomic mass is 16.6. The van der Waals surface area contributed by atoms with Crippen molar-refractivity contribution in [2.45, 2.75) is 44.4 Å². The van der Waals surface area contributed by atoms with E-state index in [9.17, 15) is 14.7 Å². The van der Waals surface area contributed by atoms with Gasteiger partial charge < -0.3 is 19.9 Å². The first-order valence-electron chi connectivity index (χ1n) is 12.0. The SMILES string of the molecule is CC[C@@]1(C2CCN(Cc3ccccc3O)CC2)NC(=O)N(C[C@H]2COc3ccccc3O2)C1=O. The molecule has 2 atom stereocenters. The number of para-hydroxylation sites is 3. The van der Waals surface area contributed by atoms with Crippen LogP contribution >= 0.6 is 0 Å². The molecule has 3 aliphatic heterocycles. The Labute approximate surface area is 199 Å². The van der Waals surface area contributed by atoms with Crippen LogP contribution in [0.1, 0.15) is 31.7 Å². The van der Waals surface area contributed by atoms with Gasteiger partial charge in [0.2, 0.25) is 0 Å². The van der Waals surface area contributed by atoms with Crippen molar-refractivity contribution in [3.8, 4) is 17.2 Å². The van der Waals surface area contributed by atoms with Crippen LogP contribution in [0.4, 0.5) is 4.79 Å². The lowest BCUT2D eigenvalue weighted by molar-refractivity contribution is -0.135. The highest BCUT2D eigenvalue weighted by molar-refractivity contribution is 6.07. The third-order valence-corrected chi connectivity index (χ3v) is 7.38. The molecule has 8 heteroatoms. The number of nitrogens with one attached hydrogen (secondary N) is 1. The summed E-state index contributed by atoms with van der Waals surface area (Å²) < 4.78 is 11.8. The number of carbonyl (C=O) groups is 2. The Bertz CT molecular complexity index is 1070. The molecule has 2 fully saturated rings. The van der Waals surface area contributed by atoms with Crippen LogP contribution in [-0.4, -0.2) is 64.7 Å². The van der Waals surface area contributed by atoms with Gasteiger partial charge in [0.25, 0.3) is 5.91 Å². The molecular formula is C26H31N3O5. The molecule has 2 aromatic rings. The van der Waals surface area contributed by atoms with Gasteiger partial charge in [-0.05, 0) is 56.5 Å². The van der Waals surface area contributed by atoms with Crippen LogP contribution in [0.15, 0.2) is 48.5 Å². The Morgan fingerprint density at radius 2 is 1.76 bits per heavy atom. The monoisotopic (exact) mass is 465 g/mol. The zero-order chi connectivity index (χ0) is 23.7. The van der Waals surface area contributed by atoms with Crippen molar-refractivity contribution in [1.29, 1.82) is 0 Å². The predicted molar refractivity (Wildman–Crippen MR) is 126 cm³/mol. The number of hydrogen-bond donors (Lipinski definition) is 2. The maximum absolute atomic E-state index is 13.6. The summed E-state index contributed by atoms with van der Waals surface area (Å²) in [6.07, 6.45) is 1.75. The van der Waals surface area contributed by atoms with Gasteiger partial charge in [-0.15, -0.1) is 0 Å². The van der Waals surface area contributed by atoms with E-state index in [4.69, 9.17) is 9.47 Å². The fourth-order valence-electron chi connectivity index (χ4n) is 5.44. The Kier molecular flexibility index (Phi) is 6.08. The van der Waals surface area contributed by atoms with E-state index in [1.165, 1.54) is 4.90 Å². The van der Waals surface area contributed by atoms with Gasteiger partial charge in [0.1, 0.15) is 17.9 Å². The zero-order valence-corrected chi connectivity index (χ0v) is 19.4. The number of benzene rings is 2. The summed E-state index contributed by atoms with van der Waals surface area (Å²) >= 11 is 0.